The normalized spacial score (nSPS) is 46.5. The fourth-order valence-electron chi connectivity index (χ4n) is 4.90. The van der Waals surface area contributed by atoms with Gasteiger partial charge in [0.2, 0.25) is 0 Å². The molecule has 0 aromatic rings. The lowest BCUT2D eigenvalue weighted by Gasteiger charge is -2.31. The van der Waals surface area contributed by atoms with Crippen molar-refractivity contribution in [2.45, 2.75) is 94.5 Å². The van der Waals surface area contributed by atoms with E-state index < -0.39 is 8.07 Å². The first-order valence-corrected chi connectivity index (χ1v) is 12.3. The summed E-state index contributed by atoms with van der Waals surface area (Å²) in [5, 5.41) is 0. The summed E-state index contributed by atoms with van der Waals surface area (Å²) in [7, 11) is -0.991. The molecule has 2 aliphatic carbocycles. The molecule has 0 bridgehead atoms. The standard InChI is InChI=1S/C17H30O2Si/c1-20(2,11-13-4-6-15-17(10-13)19-15)8-7-12-3-5-14-16(9-12)18-14/h12-17H,3-11H2,1-2H3. The van der Waals surface area contributed by atoms with Crippen LogP contribution in [0, 0.1) is 11.8 Å². The quantitative estimate of drug-likeness (QED) is 0.560. The first-order valence-electron chi connectivity index (χ1n) is 8.90. The van der Waals surface area contributed by atoms with E-state index in [-0.39, 0.29) is 0 Å². The molecule has 0 N–H and O–H groups in total. The Morgan fingerprint density at radius 3 is 2.05 bits per heavy atom. The average Bonchev–Trinajstić information content (AvgIpc) is 3.29. The van der Waals surface area contributed by atoms with Crippen LogP contribution in [-0.4, -0.2) is 32.5 Å². The van der Waals surface area contributed by atoms with Crippen molar-refractivity contribution in [2.75, 3.05) is 0 Å². The number of epoxide rings is 2. The molecule has 6 atom stereocenters. The smallest absolute Gasteiger partial charge is 0.0844 e. The number of rotatable bonds is 5. The van der Waals surface area contributed by atoms with E-state index in [1.165, 1.54) is 44.9 Å². The minimum absolute atomic E-state index is 0.667. The molecule has 0 aromatic carbocycles. The molecule has 0 amide bonds. The largest absolute Gasteiger partial charge is 0.370 e. The van der Waals surface area contributed by atoms with Gasteiger partial charge >= 0.3 is 0 Å². The van der Waals surface area contributed by atoms with Crippen molar-refractivity contribution < 1.29 is 9.47 Å². The van der Waals surface area contributed by atoms with E-state index in [9.17, 15) is 0 Å². The Morgan fingerprint density at radius 1 is 0.800 bits per heavy atom. The summed E-state index contributed by atoms with van der Waals surface area (Å²) < 4.78 is 11.4. The Labute approximate surface area is 124 Å². The van der Waals surface area contributed by atoms with Crippen LogP contribution in [0.5, 0.6) is 0 Å². The second-order valence-corrected chi connectivity index (χ2v) is 13.9. The second-order valence-electron chi connectivity index (χ2n) is 8.69. The second kappa shape index (κ2) is 5.10. The molecule has 2 saturated carbocycles. The molecule has 4 aliphatic rings. The molecule has 2 aliphatic heterocycles. The van der Waals surface area contributed by atoms with Crippen molar-refractivity contribution in [3.63, 3.8) is 0 Å². The number of fused-ring (bicyclic) bond motifs is 2. The average molecular weight is 295 g/mol. The highest BCUT2D eigenvalue weighted by molar-refractivity contribution is 6.77. The van der Waals surface area contributed by atoms with Gasteiger partial charge in [-0.15, -0.1) is 0 Å². The summed E-state index contributed by atoms with van der Waals surface area (Å²) in [4.78, 5) is 0. The molecule has 2 nitrogen and oxygen atoms in total. The number of ether oxygens (including phenoxy) is 2. The lowest BCUT2D eigenvalue weighted by molar-refractivity contribution is 0.356. The highest BCUT2D eigenvalue weighted by Gasteiger charge is 2.46. The van der Waals surface area contributed by atoms with E-state index in [0.717, 1.165) is 11.8 Å². The van der Waals surface area contributed by atoms with E-state index in [4.69, 9.17) is 9.47 Å². The molecule has 0 spiro atoms. The molecule has 0 radical (unpaired) electrons. The predicted octanol–water partition coefficient (Wildman–Crippen LogP) is 4.22. The van der Waals surface area contributed by atoms with Crippen LogP contribution >= 0.6 is 0 Å². The Kier molecular flexibility index (Phi) is 3.51. The van der Waals surface area contributed by atoms with Crippen LogP contribution in [0.2, 0.25) is 25.2 Å². The minimum Gasteiger partial charge on any atom is -0.370 e. The molecule has 4 fully saturated rings. The van der Waals surface area contributed by atoms with Crippen molar-refractivity contribution >= 4 is 8.07 Å². The Bertz CT molecular complexity index is 370. The molecule has 4 rings (SSSR count). The van der Waals surface area contributed by atoms with E-state index >= 15 is 0 Å². The maximum Gasteiger partial charge on any atom is 0.0844 e. The van der Waals surface area contributed by atoms with Gasteiger partial charge in [0.05, 0.1) is 24.4 Å². The van der Waals surface area contributed by atoms with Crippen molar-refractivity contribution in [3.8, 4) is 0 Å². The van der Waals surface area contributed by atoms with Crippen LogP contribution in [-0.2, 0) is 9.47 Å². The van der Waals surface area contributed by atoms with E-state index in [1.54, 1.807) is 12.1 Å². The van der Waals surface area contributed by atoms with Crippen molar-refractivity contribution in [3.05, 3.63) is 0 Å². The number of hydrogen-bond donors (Lipinski definition) is 0. The molecule has 20 heavy (non-hydrogen) atoms. The highest BCUT2D eigenvalue weighted by atomic mass is 28.3. The van der Waals surface area contributed by atoms with Gasteiger partial charge in [-0.1, -0.05) is 31.6 Å². The molecule has 6 unspecified atom stereocenters. The molecule has 2 heterocycles. The maximum absolute atomic E-state index is 5.70. The summed E-state index contributed by atoms with van der Waals surface area (Å²) >= 11 is 0. The van der Waals surface area contributed by atoms with E-state index in [0.29, 0.717) is 24.4 Å². The van der Waals surface area contributed by atoms with Gasteiger partial charge in [0.1, 0.15) is 0 Å². The van der Waals surface area contributed by atoms with E-state index in [1.807, 2.05) is 0 Å². The fraction of sp³-hybridized carbons (Fsp3) is 1.00. The fourth-order valence-corrected chi connectivity index (χ4v) is 8.23. The molecular formula is C17H30O2Si. The van der Waals surface area contributed by atoms with Gasteiger partial charge in [0, 0.05) is 8.07 Å². The van der Waals surface area contributed by atoms with Gasteiger partial charge in [0.15, 0.2) is 0 Å². The Hall–Kier alpha value is 0.137. The molecule has 0 aromatic heterocycles. The first-order chi connectivity index (χ1) is 9.59. The Morgan fingerprint density at radius 2 is 1.40 bits per heavy atom. The zero-order valence-corrected chi connectivity index (χ0v) is 14.1. The van der Waals surface area contributed by atoms with Gasteiger partial charge in [0.25, 0.3) is 0 Å². The van der Waals surface area contributed by atoms with Crippen LogP contribution < -0.4 is 0 Å². The SMILES string of the molecule is C[Si](C)(CCC1CCC2OC2C1)CC1CCC2OC2C1. The van der Waals surface area contributed by atoms with Crippen LogP contribution in [0.3, 0.4) is 0 Å². The third-order valence-electron chi connectivity index (χ3n) is 6.30. The monoisotopic (exact) mass is 294 g/mol. The van der Waals surface area contributed by atoms with Gasteiger partial charge in [-0.25, -0.2) is 0 Å². The first kappa shape index (κ1) is 13.8. The minimum atomic E-state index is -0.991. The predicted molar refractivity (Wildman–Crippen MR) is 83.7 cm³/mol. The summed E-state index contributed by atoms with van der Waals surface area (Å²) in [5.74, 6) is 1.97. The zero-order valence-electron chi connectivity index (χ0n) is 13.1. The van der Waals surface area contributed by atoms with Crippen LogP contribution in [0.4, 0.5) is 0 Å². The lowest BCUT2D eigenvalue weighted by Crippen LogP contribution is -2.31. The highest BCUT2D eigenvalue weighted by Crippen LogP contribution is 2.44. The summed E-state index contributed by atoms with van der Waals surface area (Å²) in [6.45, 7) is 5.26. The molecular weight excluding hydrogens is 264 g/mol. The molecule has 3 heteroatoms. The molecule has 114 valence electrons. The summed E-state index contributed by atoms with van der Waals surface area (Å²) in [6.07, 6.45) is 12.5. The maximum atomic E-state index is 5.70. The number of hydrogen-bond acceptors (Lipinski definition) is 2. The van der Waals surface area contributed by atoms with Crippen molar-refractivity contribution in [1.29, 1.82) is 0 Å². The van der Waals surface area contributed by atoms with Gasteiger partial charge in [-0.2, -0.15) is 0 Å². The van der Waals surface area contributed by atoms with Crippen LogP contribution in [0.1, 0.15) is 44.9 Å². The topological polar surface area (TPSA) is 25.1 Å². The summed E-state index contributed by atoms with van der Waals surface area (Å²) in [6, 6.07) is 3.09. The van der Waals surface area contributed by atoms with Crippen molar-refractivity contribution in [2.24, 2.45) is 11.8 Å². The lowest BCUT2D eigenvalue weighted by atomic mass is 9.87. The van der Waals surface area contributed by atoms with Crippen LogP contribution in [0.25, 0.3) is 0 Å². The van der Waals surface area contributed by atoms with Gasteiger partial charge < -0.3 is 9.47 Å². The van der Waals surface area contributed by atoms with Gasteiger partial charge in [-0.05, 0) is 50.4 Å². The Balaban J connectivity index is 1.22. The third kappa shape index (κ3) is 3.15. The zero-order chi connectivity index (χ0) is 13.7. The summed E-state index contributed by atoms with van der Waals surface area (Å²) in [5.41, 5.74) is 0. The van der Waals surface area contributed by atoms with Crippen molar-refractivity contribution in [1.82, 2.24) is 0 Å². The molecule has 2 saturated heterocycles. The van der Waals surface area contributed by atoms with E-state index in [2.05, 4.69) is 13.1 Å². The third-order valence-corrected chi connectivity index (χ3v) is 9.62. The van der Waals surface area contributed by atoms with Gasteiger partial charge in [-0.3, -0.25) is 0 Å². The van der Waals surface area contributed by atoms with Crippen LogP contribution in [0.15, 0.2) is 0 Å².